The van der Waals surface area contributed by atoms with Crippen molar-refractivity contribution in [2.24, 2.45) is 0 Å². The van der Waals surface area contributed by atoms with Crippen molar-refractivity contribution < 1.29 is 0 Å². The molecule has 0 amide bonds. The van der Waals surface area contributed by atoms with Crippen LogP contribution in [0.25, 0.3) is 0 Å². The molecular formula is C13H19N5S. The highest BCUT2D eigenvalue weighted by molar-refractivity contribution is 7.09. The van der Waals surface area contributed by atoms with Gasteiger partial charge in [0.2, 0.25) is 0 Å². The fourth-order valence-electron chi connectivity index (χ4n) is 1.64. The summed E-state index contributed by atoms with van der Waals surface area (Å²) in [5.74, 6) is 2.38. The first-order chi connectivity index (χ1) is 8.99. The minimum Gasteiger partial charge on any atom is -0.383 e. The summed E-state index contributed by atoms with van der Waals surface area (Å²) >= 11 is 1.64. The number of thiazole rings is 1. The van der Waals surface area contributed by atoms with E-state index in [4.69, 9.17) is 5.73 Å². The van der Waals surface area contributed by atoms with Crippen molar-refractivity contribution in [3.05, 3.63) is 27.5 Å². The van der Waals surface area contributed by atoms with Crippen LogP contribution in [0.3, 0.4) is 0 Å². The summed E-state index contributed by atoms with van der Waals surface area (Å²) in [7, 11) is 0. The zero-order chi connectivity index (χ0) is 14.0. The fourth-order valence-corrected chi connectivity index (χ4v) is 2.36. The lowest BCUT2D eigenvalue weighted by Gasteiger charge is -2.13. The Hall–Kier alpha value is -1.69. The van der Waals surface area contributed by atoms with Crippen molar-refractivity contribution in [3.63, 3.8) is 0 Å². The standard InChI is InChI=1S/C13H19N5S/c1-7(2)12-17-11(14)8(3)13(18-12)15-5-10-9(4)16-6-19-10/h6-7H,5H2,1-4H3,(H3,14,15,17,18). The van der Waals surface area contributed by atoms with Crippen LogP contribution in [-0.4, -0.2) is 15.0 Å². The smallest absolute Gasteiger partial charge is 0.135 e. The zero-order valence-electron chi connectivity index (χ0n) is 11.7. The third-order valence-electron chi connectivity index (χ3n) is 2.98. The Morgan fingerprint density at radius 1 is 1.32 bits per heavy atom. The predicted molar refractivity (Wildman–Crippen MR) is 79.4 cm³/mol. The van der Waals surface area contributed by atoms with Gasteiger partial charge in [0.25, 0.3) is 0 Å². The van der Waals surface area contributed by atoms with Crippen LogP contribution in [0.4, 0.5) is 11.6 Å². The van der Waals surface area contributed by atoms with Crippen LogP contribution in [0, 0.1) is 13.8 Å². The van der Waals surface area contributed by atoms with Crippen molar-refractivity contribution in [1.82, 2.24) is 15.0 Å². The topological polar surface area (TPSA) is 76.7 Å². The molecule has 0 aliphatic rings. The van der Waals surface area contributed by atoms with Gasteiger partial charge in [0, 0.05) is 16.4 Å². The molecule has 0 saturated heterocycles. The van der Waals surface area contributed by atoms with Gasteiger partial charge in [0.15, 0.2) is 0 Å². The Labute approximate surface area is 117 Å². The second-order valence-corrected chi connectivity index (χ2v) is 5.75. The number of nitrogens with two attached hydrogens (primary N) is 1. The Bertz CT molecular complexity index is 576. The van der Waals surface area contributed by atoms with Crippen LogP contribution in [-0.2, 0) is 6.54 Å². The monoisotopic (exact) mass is 277 g/mol. The summed E-state index contributed by atoms with van der Waals surface area (Å²) in [6, 6.07) is 0. The van der Waals surface area contributed by atoms with Crippen LogP contribution >= 0.6 is 11.3 Å². The third kappa shape index (κ3) is 3.01. The van der Waals surface area contributed by atoms with Crippen molar-refractivity contribution in [2.75, 3.05) is 11.1 Å². The molecule has 0 fully saturated rings. The van der Waals surface area contributed by atoms with Crippen molar-refractivity contribution in [1.29, 1.82) is 0 Å². The minimum absolute atomic E-state index is 0.258. The van der Waals surface area contributed by atoms with E-state index < -0.39 is 0 Å². The Morgan fingerprint density at radius 2 is 2.05 bits per heavy atom. The summed E-state index contributed by atoms with van der Waals surface area (Å²) in [6.45, 7) is 8.77. The summed E-state index contributed by atoms with van der Waals surface area (Å²) in [5, 5.41) is 3.33. The van der Waals surface area contributed by atoms with Crippen LogP contribution < -0.4 is 11.1 Å². The van der Waals surface area contributed by atoms with Gasteiger partial charge in [-0.3, -0.25) is 0 Å². The van der Waals surface area contributed by atoms with E-state index in [1.807, 2.05) is 19.4 Å². The quantitative estimate of drug-likeness (QED) is 0.898. The SMILES string of the molecule is Cc1ncsc1CNc1nc(C(C)C)nc(N)c1C. The summed E-state index contributed by atoms with van der Waals surface area (Å²) in [6.07, 6.45) is 0. The molecule has 0 aliphatic carbocycles. The molecule has 2 aromatic heterocycles. The molecule has 0 aliphatic heterocycles. The van der Waals surface area contributed by atoms with Crippen LogP contribution in [0.2, 0.25) is 0 Å². The molecule has 0 bridgehead atoms. The van der Waals surface area contributed by atoms with Gasteiger partial charge >= 0.3 is 0 Å². The molecule has 19 heavy (non-hydrogen) atoms. The number of aryl methyl sites for hydroxylation is 1. The fraction of sp³-hybridized carbons (Fsp3) is 0.462. The van der Waals surface area contributed by atoms with Gasteiger partial charge in [-0.25, -0.2) is 15.0 Å². The number of nitrogens with zero attached hydrogens (tertiary/aromatic N) is 3. The normalized spacial score (nSPS) is 11.0. The van der Waals surface area contributed by atoms with Crippen LogP contribution in [0.15, 0.2) is 5.51 Å². The molecule has 0 unspecified atom stereocenters. The number of hydrogen-bond donors (Lipinski definition) is 2. The van der Waals surface area contributed by atoms with Gasteiger partial charge in [-0.15, -0.1) is 11.3 Å². The molecule has 2 rings (SSSR count). The van der Waals surface area contributed by atoms with E-state index >= 15 is 0 Å². The third-order valence-corrected chi connectivity index (χ3v) is 3.91. The van der Waals surface area contributed by atoms with E-state index in [1.54, 1.807) is 11.3 Å². The lowest BCUT2D eigenvalue weighted by atomic mass is 10.2. The highest BCUT2D eigenvalue weighted by atomic mass is 32.1. The van der Waals surface area contributed by atoms with E-state index in [2.05, 4.69) is 34.1 Å². The lowest BCUT2D eigenvalue weighted by Crippen LogP contribution is -2.10. The highest BCUT2D eigenvalue weighted by Crippen LogP contribution is 2.22. The summed E-state index contributed by atoms with van der Waals surface area (Å²) < 4.78 is 0. The molecule has 3 N–H and O–H groups in total. The van der Waals surface area contributed by atoms with Crippen LogP contribution in [0.1, 0.15) is 41.7 Å². The molecule has 6 heteroatoms. The Morgan fingerprint density at radius 3 is 2.63 bits per heavy atom. The molecule has 2 aromatic rings. The van der Waals surface area contributed by atoms with Gasteiger partial charge in [-0.1, -0.05) is 13.8 Å². The minimum atomic E-state index is 0.258. The Kier molecular flexibility index (Phi) is 3.99. The first-order valence-electron chi connectivity index (χ1n) is 6.26. The summed E-state index contributed by atoms with van der Waals surface area (Å²) in [5.41, 5.74) is 9.74. The molecule has 102 valence electrons. The Balaban J connectivity index is 2.22. The highest BCUT2D eigenvalue weighted by Gasteiger charge is 2.11. The first kappa shape index (κ1) is 13.7. The van der Waals surface area contributed by atoms with Crippen molar-refractivity contribution in [2.45, 2.75) is 40.2 Å². The van der Waals surface area contributed by atoms with E-state index in [-0.39, 0.29) is 5.92 Å². The molecule has 0 aromatic carbocycles. The van der Waals surface area contributed by atoms with Gasteiger partial charge < -0.3 is 11.1 Å². The second kappa shape index (κ2) is 5.52. The average Bonchev–Trinajstić information content (AvgIpc) is 2.76. The summed E-state index contributed by atoms with van der Waals surface area (Å²) in [4.78, 5) is 14.3. The predicted octanol–water partition coefficient (Wildman–Crippen LogP) is 2.87. The van der Waals surface area contributed by atoms with Crippen molar-refractivity contribution in [3.8, 4) is 0 Å². The maximum absolute atomic E-state index is 5.94. The largest absolute Gasteiger partial charge is 0.383 e. The number of rotatable bonds is 4. The lowest BCUT2D eigenvalue weighted by molar-refractivity contribution is 0.774. The molecule has 0 radical (unpaired) electrons. The molecular weight excluding hydrogens is 258 g/mol. The van der Waals surface area contributed by atoms with E-state index in [0.717, 1.165) is 22.9 Å². The van der Waals surface area contributed by atoms with Crippen molar-refractivity contribution >= 4 is 23.0 Å². The number of nitrogen functional groups attached to an aromatic ring is 1. The number of nitrogens with one attached hydrogen (secondary N) is 1. The number of hydrogen-bond acceptors (Lipinski definition) is 6. The number of aromatic nitrogens is 3. The van der Waals surface area contributed by atoms with E-state index in [9.17, 15) is 0 Å². The second-order valence-electron chi connectivity index (χ2n) is 4.81. The zero-order valence-corrected chi connectivity index (χ0v) is 12.5. The average molecular weight is 277 g/mol. The molecule has 5 nitrogen and oxygen atoms in total. The van der Waals surface area contributed by atoms with E-state index in [0.29, 0.717) is 12.4 Å². The first-order valence-corrected chi connectivity index (χ1v) is 7.13. The maximum Gasteiger partial charge on any atom is 0.135 e. The molecule has 0 spiro atoms. The molecule has 2 heterocycles. The van der Waals surface area contributed by atoms with Gasteiger partial charge in [-0.2, -0.15) is 0 Å². The van der Waals surface area contributed by atoms with Crippen LogP contribution in [0.5, 0.6) is 0 Å². The number of anilines is 2. The van der Waals surface area contributed by atoms with Gasteiger partial charge in [-0.05, 0) is 13.8 Å². The van der Waals surface area contributed by atoms with E-state index in [1.165, 1.54) is 4.88 Å². The van der Waals surface area contributed by atoms with Gasteiger partial charge in [0.05, 0.1) is 17.7 Å². The van der Waals surface area contributed by atoms with Gasteiger partial charge in [0.1, 0.15) is 17.5 Å². The maximum atomic E-state index is 5.94. The molecule has 0 atom stereocenters. The molecule has 0 saturated carbocycles.